The molecular weight excluding hydrogens is 472 g/mol. The first kappa shape index (κ1) is 23.1. The minimum Gasteiger partial charge on any atom is -0.379 e. The molecule has 6 nitrogen and oxygen atoms in total. The van der Waals surface area contributed by atoms with Gasteiger partial charge in [-0.2, -0.15) is 18.2 Å². The molecule has 0 aliphatic carbocycles. The number of nitrogens with one attached hydrogen (secondary N) is 1. The van der Waals surface area contributed by atoms with Gasteiger partial charge >= 0.3 is 11.9 Å². The first-order valence-electron chi connectivity index (χ1n) is 10.8. The number of nitrogens with zero attached hydrogens (tertiary/aromatic N) is 3. The number of benzene rings is 2. The van der Waals surface area contributed by atoms with E-state index in [-0.39, 0.29) is 35.0 Å². The van der Waals surface area contributed by atoms with Gasteiger partial charge in [0, 0.05) is 54.9 Å². The minimum atomic E-state index is -4.68. The number of piperazine rings is 1. The van der Waals surface area contributed by atoms with Crippen LogP contribution < -0.4 is 15.9 Å². The number of ether oxygens (including phenoxy) is 1. The summed E-state index contributed by atoms with van der Waals surface area (Å²) in [5, 5.41) is 3.48. The average molecular weight is 495 g/mol. The summed E-state index contributed by atoms with van der Waals surface area (Å²) >= 11 is 1.22. The van der Waals surface area contributed by atoms with Gasteiger partial charge in [-0.05, 0) is 23.8 Å². The van der Waals surface area contributed by atoms with Gasteiger partial charge in [0.25, 0.3) is 0 Å². The lowest BCUT2D eigenvalue weighted by atomic mass is 9.96. The van der Waals surface area contributed by atoms with Crippen molar-refractivity contribution in [3.63, 3.8) is 0 Å². The summed E-state index contributed by atoms with van der Waals surface area (Å²) in [5.41, 5.74) is -0.795. The van der Waals surface area contributed by atoms with E-state index < -0.39 is 23.2 Å². The van der Waals surface area contributed by atoms with E-state index in [0.29, 0.717) is 42.3 Å². The molecule has 0 spiro atoms. The molecule has 2 aliphatic heterocycles. The van der Waals surface area contributed by atoms with Crippen molar-refractivity contribution in [2.24, 2.45) is 0 Å². The monoisotopic (exact) mass is 494 g/mol. The van der Waals surface area contributed by atoms with Crippen LogP contribution in [0.3, 0.4) is 0 Å². The molecule has 34 heavy (non-hydrogen) atoms. The van der Waals surface area contributed by atoms with E-state index >= 15 is 0 Å². The molecule has 0 amide bonds. The van der Waals surface area contributed by atoms with Crippen LogP contribution >= 0.6 is 11.8 Å². The van der Waals surface area contributed by atoms with E-state index in [9.17, 15) is 22.4 Å². The molecule has 180 valence electrons. The molecule has 2 aromatic carbocycles. The Hall–Kier alpha value is -2.63. The van der Waals surface area contributed by atoms with Crippen LogP contribution in [0.5, 0.6) is 0 Å². The standard InChI is InChI=1S/C23H22F4N4O2S/c1-33-15-11-31-19-16(21(29-22(31)32)30-8-6-28-7-9-30)10-17(23(25,26)27)18(20(19)34-12-15)13-2-4-14(24)5-3-13/h2-5,10,15,28H,6-9,11-12H2,1H3/t15-/m1/s1. The fourth-order valence-corrected chi connectivity index (χ4v) is 5.85. The molecular formula is C23H22F4N4O2S. The number of rotatable bonds is 3. The summed E-state index contributed by atoms with van der Waals surface area (Å²) in [6.07, 6.45) is -5.07. The van der Waals surface area contributed by atoms with Crippen molar-refractivity contribution in [1.82, 2.24) is 14.9 Å². The Morgan fingerprint density at radius 2 is 1.88 bits per heavy atom. The highest BCUT2D eigenvalue weighted by molar-refractivity contribution is 7.99. The van der Waals surface area contributed by atoms with Crippen LogP contribution in [0.1, 0.15) is 5.56 Å². The maximum Gasteiger partial charge on any atom is 0.417 e. The van der Waals surface area contributed by atoms with Crippen LogP contribution in [0.4, 0.5) is 23.4 Å². The maximum absolute atomic E-state index is 14.5. The molecule has 0 saturated carbocycles. The Bertz CT molecular complexity index is 1290. The van der Waals surface area contributed by atoms with Gasteiger partial charge in [-0.15, -0.1) is 11.8 Å². The third kappa shape index (κ3) is 4.05. The molecule has 0 unspecified atom stereocenters. The highest BCUT2D eigenvalue weighted by Crippen LogP contribution is 2.48. The van der Waals surface area contributed by atoms with Crippen LogP contribution in [0.25, 0.3) is 22.0 Å². The first-order valence-corrected chi connectivity index (χ1v) is 11.8. The van der Waals surface area contributed by atoms with Crippen LogP contribution in [-0.4, -0.2) is 54.7 Å². The van der Waals surface area contributed by atoms with Crippen molar-refractivity contribution < 1.29 is 22.3 Å². The second-order valence-corrected chi connectivity index (χ2v) is 9.29. The van der Waals surface area contributed by atoms with E-state index in [1.165, 1.54) is 35.6 Å². The molecule has 1 fully saturated rings. The summed E-state index contributed by atoms with van der Waals surface area (Å²) in [6.45, 7) is 2.50. The molecule has 1 saturated heterocycles. The van der Waals surface area contributed by atoms with Gasteiger partial charge in [-0.3, -0.25) is 4.57 Å². The maximum atomic E-state index is 14.5. The summed E-state index contributed by atoms with van der Waals surface area (Å²) in [5.74, 6) is 0.0651. The summed E-state index contributed by atoms with van der Waals surface area (Å²) < 4.78 is 63.9. The molecule has 3 aromatic rings. The van der Waals surface area contributed by atoms with Gasteiger partial charge in [0.1, 0.15) is 11.6 Å². The third-order valence-electron chi connectivity index (χ3n) is 6.19. The second kappa shape index (κ2) is 8.86. The Morgan fingerprint density at radius 1 is 1.18 bits per heavy atom. The topological polar surface area (TPSA) is 59.4 Å². The zero-order valence-corrected chi connectivity index (χ0v) is 19.1. The predicted molar refractivity (Wildman–Crippen MR) is 123 cm³/mol. The molecule has 2 aliphatic rings. The van der Waals surface area contributed by atoms with Crippen molar-refractivity contribution in [2.45, 2.75) is 23.7 Å². The molecule has 5 rings (SSSR count). The third-order valence-corrected chi connectivity index (χ3v) is 7.41. The van der Waals surface area contributed by atoms with Crippen LogP contribution in [0.2, 0.25) is 0 Å². The Labute approximate surface area is 196 Å². The molecule has 1 N–H and O–H groups in total. The smallest absolute Gasteiger partial charge is 0.379 e. The normalized spacial score (nSPS) is 18.9. The van der Waals surface area contributed by atoms with Gasteiger partial charge in [0.15, 0.2) is 0 Å². The minimum absolute atomic E-state index is 0.0626. The second-order valence-electron chi connectivity index (χ2n) is 8.26. The fraction of sp³-hybridized carbons (Fsp3) is 0.391. The molecule has 1 aromatic heterocycles. The zero-order valence-electron chi connectivity index (χ0n) is 18.3. The van der Waals surface area contributed by atoms with Crippen molar-refractivity contribution in [3.8, 4) is 11.1 Å². The van der Waals surface area contributed by atoms with Crippen LogP contribution in [0, 0.1) is 5.82 Å². The van der Waals surface area contributed by atoms with Crippen molar-refractivity contribution in [1.29, 1.82) is 0 Å². The van der Waals surface area contributed by atoms with Gasteiger partial charge in [0.2, 0.25) is 0 Å². The van der Waals surface area contributed by atoms with Gasteiger partial charge in [-0.1, -0.05) is 12.1 Å². The number of halogens is 4. The van der Waals surface area contributed by atoms with E-state index in [4.69, 9.17) is 4.74 Å². The lowest BCUT2D eigenvalue weighted by Gasteiger charge is -2.30. The van der Waals surface area contributed by atoms with E-state index in [1.54, 1.807) is 0 Å². The van der Waals surface area contributed by atoms with Crippen LogP contribution in [-0.2, 0) is 17.5 Å². The number of methoxy groups -OCH3 is 1. The number of aromatic nitrogens is 2. The molecule has 0 bridgehead atoms. The number of alkyl halides is 3. The predicted octanol–water partition coefficient (Wildman–Crippen LogP) is 3.75. The Balaban J connectivity index is 1.90. The van der Waals surface area contributed by atoms with E-state index in [2.05, 4.69) is 10.3 Å². The SMILES string of the molecule is CO[C@H]1CSc2c(-c3ccc(F)cc3)c(C(F)(F)F)cc3c(N4CCNCC4)nc(=O)n(c23)C1. The fourth-order valence-electron chi connectivity index (χ4n) is 4.52. The summed E-state index contributed by atoms with van der Waals surface area (Å²) in [4.78, 5) is 19.6. The summed E-state index contributed by atoms with van der Waals surface area (Å²) in [6, 6.07) is 6.03. The highest BCUT2D eigenvalue weighted by Gasteiger charge is 2.38. The van der Waals surface area contributed by atoms with Crippen molar-refractivity contribution in [2.75, 3.05) is 43.9 Å². The Kier molecular flexibility index (Phi) is 6.03. The van der Waals surface area contributed by atoms with E-state index in [0.717, 1.165) is 18.2 Å². The zero-order chi connectivity index (χ0) is 24.0. The molecule has 3 heterocycles. The first-order chi connectivity index (χ1) is 16.3. The lowest BCUT2D eigenvalue weighted by molar-refractivity contribution is -0.137. The lowest BCUT2D eigenvalue weighted by Crippen LogP contribution is -2.45. The largest absolute Gasteiger partial charge is 0.417 e. The highest BCUT2D eigenvalue weighted by atomic mass is 32.2. The molecule has 0 radical (unpaired) electrons. The van der Waals surface area contributed by atoms with Crippen molar-refractivity contribution >= 4 is 28.5 Å². The van der Waals surface area contributed by atoms with Crippen LogP contribution in [0.15, 0.2) is 40.0 Å². The number of hydrogen-bond acceptors (Lipinski definition) is 6. The molecule has 11 heteroatoms. The Morgan fingerprint density at radius 3 is 2.53 bits per heavy atom. The number of hydrogen-bond donors (Lipinski definition) is 1. The number of anilines is 1. The van der Waals surface area contributed by atoms with Gasteiger partial charge in [-0.25, -0.2) is 9.18 Å². The van der Waals surface area contributed by atoms with Gasteiger partial charge < -0.3 is 15.0 Å². The van der Waals surface area contributed by atoms with Crippen molar-refractivity contribution in [3.05, 3.63) is 52.2 Å². The molecule has 1 atom stereocenters. The average Bonchev–Trinajstić information content (AvgIpc) is 3.02. The number of thioether (sulfide) groups is 1. The summed E-state index contributed by atoms with van der Waals surface area (Å²) in [7, 11) is 1.51. The quantitative estimate of drug-likeness (QED) is 0.560. The van der Waals surface area contributed by atoms with E-state index in [1.807, 2.05) is 4.90 Å². The van der Waals surface area contributed by atoms with Gasteiger partial charge in [0.05, 0.1) is 23.7 Å².